The van der Waals surface area contributed by atoms with Crippen LogP contribution in [0.25, 0.3) is 16.6 Å². The molecule has 2 N–H and O–H groups in total. The Labute approximate surface area is 168 Å². The van der Waals surface area contributed by atoms with Gasteiger partial charge in [0.15, 0.2) is 17.7 Å². The summed E-state index contributed by atoms with van der Waals surface area (Å²) in [5, 5.41) is 19.9. The number of ether oxygens (including phenoxy) is 2. The first-order valence-corrected chi connectivity index (χ1v) is 9.12. The average molecular weight is 391 g/mol. The zero-order valence-electron chi connectivity index (χ0n) is 16.2. The Morgan fingerprint density at radius 3 is 2.62 bits per heavy atom. The molecular weight excluding hydrogens is 370 g/mol. The van der Waals surface area contributed by atoms with E-state index in [1.807, 2.05) is 48.5 Å². The highest BCUT2D eigenvalue weighted by Crippen LogP contribution is 2.21. The number of benzene rings is 2. The average Bonchev–Trinajstić information content (AvgIpc) is 3.16. The lowest BCUT2D eigenvalue weighted by atomic mass is 10.1. The molecule has 0 amide bonds. The van der Waals surface area contributed by atoms with Crippen LogP contribution >= 0.6 is 0 Å². The van der Waals surface area contributed by atoms with Crippen LogP contribution in [0, 0.1) is 11.3 Å². The van der Waals surface area contributed by atoms with Gasteiger partial charge in [0.1, 0.15) is 17.4 Å². The predicted molar refractivity (Wildman–Crippen MR) is 108 cm³/mol. The summed E-state index contributed by atoms with van der Waals surface area (Å²) in [5.41, 5.74) is 2.33. The van der Waals surface area contributed by atoms with E-state index < -0.39 is 12.1 Å². The Morgan fingerprint density at radius 2 is 1.97 bits per heavy atom. The maximum atomic E-state index is 12.2. The molecule has 7 nitrogen and oxygen atoms in total. The third-order valence-electron chi connectivity index (χ3n) is 4.46. The molecule has 0 radical (unpaired) electrons. The van der Waals surface area contributed by atoms with Crippen LogP contribution in [0.4, 0.5) is 0 Å². The molecule has 3 aromatic rings. The van der Waals surface area contributed by atoms with Gasteiger partial charge < -0.3 is 19.6 Å². The summed E-state index contributed by atoms with van der Waals surface area (Å²) in [6.07, 6.45) is -0.327. The number of nitriles is 1. The van der Waals surface area contributed by atoms with Crippen LogP contribution in [0.2, 0.25) is 0 Å². The van der Waals surface area contributed by atoms with Crippen molar-refractivity contribution in [2.45, 2.75) is 25.9 Å². The van der Waals surface area contributed by atoms with Crippen molar-refractivity contribution >= 4 is 22.6 Å². The molecule has 0 bridgehead atoms. The molecule has 0 fully saturated rings. The largest absolute Gasteiger partial charge is 0.507 e. The number of aliphatic hydroxyl groups excluding tert-OH is 1. The number of nitrogens with zero attached hydrogens (tertiary/aromatic N) is 2. The molecule has 0 saturated heterocycles. The molecule has 1 heterocycles. The van der Waals surface area contributed by atoms with Crippen LogP contribution in [0.5, 0.6) is 5.75 Å². The highest BCUT2D eigenvalue weighted by molar-refractivity contribution is 5.83. The van der Waals surface area contributed by atoms with Crippen molar-refractivity contribution in [3.8, 4) is 11.8 Å². The van der Waals surface area contributed by atoms with Crippen molar-refractivity contribution in [2.75, 3.05) is 7.11 Å². The number of esters is 1. The summed E-state index contributed by atoms with van der Waals surface area (Å²) in [5.74, 6) is 0.160. The number of hydrogen-bond donors (Lipinski definition) is 2. The van der Waals surface area contributed by atoms with E-state index in [1.54, 1.807) is 13.2 Å². The molecule has 1 atom stereocenters. The molecule has 29 heavy (non-hydrogen) atoms. The minimum Gasteiger partial charge on any atom is -0.507 e. The van der Waals surface area contributed by atoms with Crippen LogP contribution in [-0.2, 0) is 16.0 Å². The van der Waals surface area contributed by atoms with Gasteiger partial charge in [-0.15, -0.1) is 0 Å². The lowest BCUT2D eigenvalue weighted by Crippen LogP contribution is -2.18. The Hall–Kier alpha value is -3.79. The maximum Gasteiger partial charge on any atom is 0.306 e. The summed E-state index contributed by atoms with van der Waals surface area (Å²) in [4.78, 5) is 19.5. The smallest absolute Gasteiger partial charge is 0.306 e. The number of carbonyl (C=O) groups is 1. The summed E-state index contributed by atoms with van der Waals surface area (Å²) in [6, 6.07) is 16.6. The SMILES string of the molecule is COc1ccc(CCC(=O)O[C@H](C)/C(O)=C(\C#N)c2nc3ccccc3[nH]2)cc1. The molecule has 0 spiro atoms. The Morgan fingerprint density at radius 1 is 1.24 bits per heavy atom. The van der Waals surface area contributed by atoms with Crippen LogP contribution in [0.1, 0.15) is 24.7 Å². The van der Waals surface area contributed by atoms with Crippen molar-refractivity contribution in [2.24, 2.45) is 0 Å². The van der Waals surface area contributed by atoms with Crippen LogP contribution in [0.15, 0.2) is 54.3 Å². The van der Waals surface area contributed by atoms with E-state index in [4.69, 9.17) is 9.47 Å². The predicted octanol–water partition coefficient (Wildman–Crippen LogP) is 3.93. The number of aromatic amines is 1. The van der Waals surface area contributed by atoms with Gasteiger partial charge in [0.05, 0.1) is 18.1 Å². The van der Waals surface area contributed by atoms with Gasteiger partial charge in [-0.3, -0.25) is 4.79 Å². The van der Waals surface area contributed by atoms with Crippen molar-refractivity contribution in [3.05, 3.63) is 65.7 Å². The molecule has 0 saturated carbocycles. The van der Waals surface area contributed by atoms with Gasteiger partial charge >= 0.3 is 5.97 Å². The Bertz CT molecular complexity index is 1040. The number of aliphatic hydroxyl groups is 1. The highest BCUT2D eigenvalue weighted by Gasteiger charge is 2.21. The zero-order chi connectivity index (χ0) is 20.8. The maximum absolute atomic E-state index is 12.2. The fraction of sp³-hybridized carbons (Fsp3) is 0.227. The number of nitrogens with one attached hydrogen (secondary N) is 1. The van der Waals surface area contributed by atoms with Crippen molar-refractivity contribution in [3.63, 3.8) is 0 Å². The van der Waals surface area contributed by atoms with Crippen LogP contribution in [0.3, 0.4) is 0 Å². The Balaban J connectivity index is 1.66. The van der Waals surface area contributed by atoms with E-state index in [2.05, 4.69) is 9.97 Å². The quantitative estimate of drug-likeness (QED) is 0.359. The second-order valence-electron chi connectivity index (χ2n) is 6.45. The number of carbonyl (C=O) groups excluding carboxylic acids is 1. The molecular formula is C22H21N3O4. The number of methoxy groups -OCH3 is 1. The first-order chi connectivity index (χ1) is 14.0. The minimum absolute atomic E-state index is 0.0587. The van der Waals surface area contributed by atoms with Gasteiger partial charge in [0.25, 0.3) is 0 Å². The van der Waals surface area contributed by atoms with Gasteiger partial charge in [-0.1, -0.05) is 24.3 Å². The van der Waals surface area contributed by atoms with Crippen molar-refractivity contribution in [1.29, 1.82) is 5.26 Å². The first kappa shape index (κ1) is 20.0. The van der Waals surface area contributed by atoms with Gasteiger partial charge in [-0.2, -0.15) is 5.26 Å². The van der Waals surface area contributed by atoms with Crippen LogP contribution in [-0.4, -0.2) is 34.3 Å². The monoisotopic (exact) mass is 391 g/mol. The number of allylic oxidation sites excluding steroid dienone is 1. The third-order valence-corrected chi connectivity index (χ3v) is 4.46. The second-order valence-corrected chi connectivity index (χ2v) is 6.45. The fourth-order valence-corrected chi connectivity index (χ4v) is 2.86. The molecule has 0 unspecified atom stereocenters. The van der Waals surface area contributed by atoms with E-state index in [0.29, 0.717) is 11.9 Å². The van der Waals surface area contributed by atoms with E-state index in [0.717, 1.165) is 16.8 Å². The summed E-state index contributed by atoms with van der Waals surface area (Å²) < 4.78 is 10.4. The number of aryl methyl sites for hydroxylation is 1. The number of para-hydroxylation sites is 2. The molecule has 0 aliphatic heterocycles. The van der Waals surface area contributed by atoms with Crippen molar-refractivity contribution in [1.82, 2.24) is 9.97 Å². The second kappa shape index (κ2) is 8.93. The highest BCUT2D eigenvalue weighted by atomic mass is 16.6. The third kappa shape index (κ3) is 4.74. The number of fused-ring (bicyclic) bond motifs is 1. The normalized spacial score (nSPS) is 12.7. The van der Waals surface area contributed by atoms with Gasteiger partial charge in [-0.05, 0) is 43.2 Å². The molecule has 7 heteroatoms. The fourth-order valence-electron chi connectivity index (χ4n) is 2.86. The van der Waals surface area contributed by atoms with E-state index in [9.17, 15) is 15.2 Å². The molecule has 0 aliphatic carbocycles. The minimum atomic E-state index is -0.971. The van der Waals surface area contributed by atoms with Gasteiger partial charge in [0.2, 0.25) is 0 Å². The van der Waals surface area contributed by atoms with E-state index in [1.165, 1.54) is 6.92 Å². The topological polar surface area (TPSA) is 108 Å². The number of aromatic nitrogens is 2. The summed E-state index contributed by atoms with van der Waals surface area (Å²) in [7, 11) is 1.59. The molecule has 3 rings (SSSR count). The lowest BCUT2D eigenvalue weighted by molar-refractivity contribution is -0.147. The van der Waals surface area contributed by atoms with Gasteiger partial charge in [0, 0.05) is 6.42 Å². The van der Waals surface area contributed by atoms with Crippen LogP contribution < -0.4 is 4.74 Å². The number of imidazole rings is 1. The summed E-state index contributed by atoms with van der Waals surface area (Å²) in [6.45, 7) is 1.51. The standard InChI is InChI=1S/C22H21N3O4/c1-14(29-20(26)12-9-15-7-10-16(28-2)11-8-15)21(27)17(13-23)22-24-18-5-3-4-6-19(18)25-22/h3-8,10-11,14,27H,9,12H2,1-2H3,(H,24,25)/b21-17-/t14-/m1/s1. The zero-order valence-corrected chi connectivity index (χ0v) is 16.2. The molecule has 1 aromatic heterocycles. The first-order valence-electron chi connectivity index (χ1n) is 9.12. The molecule has 0 aliphatic rings. The molecule has 148 valence electrons. The number of rotatable bonds is 7. The van der Waals surface area contributed by atoms with Crippen molar-refractivity contribution < 1.29 is 19.4 Å². The van der Waals surface area contributed by atoms with E-state index in [-0.39, 0.29) is 23.6 Å². The van der Waals surface area contributed by atoms with E-state index >= 15 is 0 Å². The van der Waals surface area contributed by atoms with Gasteiger partial charge in [-0.25, -0.2) is 4.98 Å². The molecule has 2 aromatic carbocycles. The lowest BCUT2D eigenvalue weighted by Gasteiger charge is -2.13. The number of hydrogen-bond acceptors (Lipinski definition) is 6. The Kier molecular flexibility index (Phi) is 6.15. The number of H-pyrrole nitrogens is 1. The summed E-state index contributed by atoms with van der Waals surface area (Å²) >= 11 is 0.